The third-order valence-corrected chi connectivity index (χ3v) is 4.05. The number of hydrogen-bond donors (Lipinski definition) is 0. The lowest BCUT2D eigenvalue weighted by Gasteiger charge is -2.09. The van der Waals surface area contributed by atoms with Crippen molar-refractivity contribution in [3.8, 4) is 17.4 Å². The fourth-order valence-electron chi connectivity index (χ4n) is 1.80. The van der Waals surface area contributed by atoms with Crippen molar-refractivity contribution < 1.29 is 22.8 Å². The van der Waals surface area contributed by atoms with Crippen LogP contribution < -0.4 is 9.47 Å². The number of ether oxygens (including phenoxy) is 2. The monoisotopic (exact) mass is 352 g/mol. The maximum Gasteiger partial charge on any atom is 0.311 e. The van der Waals surface area contributed by atoms with Crippen molar-refractivity contribution >= 4 is 15.5 Å². The van der Waals surface area contributed by atoms with Gasteiger partial charge in [-0.3, -0.25) is 10.1 Å². The molecule has 24 heavy (non-hydrogen) atoms. The second kappa shape index (κ2) is 7.26. The molecule has 0 atom stereocenters. The lowest BCUT2D eigenvalue weighted by Crippen LogP contribution is -2.00. The van der Waals surface area contributed by atoms with Gasteiger partial charge in [0.05, 0.1) is 16.4 Å². The molecule has 0 saturated heterocycles. The molecular weight excluding hydrogens is 336 g/mol. The Balaban J connectivity index is 2.24. The van der Waals surface area contributed by atoms with E-state index < -0.39 is 14.8 Å². The van der Waals surface area contributed by atoms with Gasteiger partial charge >= 0.3 is 5.69 Å². The highest BCUT2D eigenvalue weighted by atomic mass is 32.2. The van der Waals surface area contributed by atoms with Crippen molar-refractivity contribution in [2.24, 2.45) is 0 Å². The zero-order valence-electron chi connectivity index (χ0n) is 13.1. The number of sulfone groups is 1. The number of pyridine rings is 1. The van der Waals surface area contributed by atoms with Crippen LogP contribution in [0.3, 0.4) is 0 Å². The Morgan fingerprint density at radius 3 is 2.54 bits per heavy atom. The van der Waals surface area contributed by atoms with Crippen LogP contribution in [0.4, 0.5) is 5.69 Å². The number of rotatable bonds is 7. The molecule has 2 aromatic rings. The summed E-state index contributed by atoms with van der Waals surface area (Å²) in [6.07, 6.45) is 2.97. The first-order valence-electron chi connectivity index (χ1n) is 7.06. The summed E-state index contributed by atoms with van der Waals surface area (Å²) in [5.41, 5.74) is -0.156. The number of nitro benzene ring substituents is 1. The van der Waals surface area contributed by atoms with Gasteiger partial charge in [-0.2, -0.15) is 0 Å². The summed E-state index contributed by atoms with van der Waals surface area (Å²) in [4.78, 5) is 14.5. The molecule has 0 amide bonds. The summed E-state index contributed by atoms with van der Waals surface area (Å²) in [5.74, 6) is 0.566. The lowest BCUT2D eigenvalue weighted by atomic mass is 10.3. The molecule has 0 unspecified atom stereocenters. The topological polar surface area (TPSA) is 109 Å². The molecule has 0 aliphatic rings. The highest BCUT2D eigenvalue weighted by Crippen LogP contribution is 2.33. The molecule has 1 heterocycles. The molecule has 0 aliphatic heterocycles. The third kappa shape index (κ3) is 4.42. The highest BCUT2D eigenvalue weighted by Gasteiger charge is 2.16. The SMILES string of the molecule is CCCOc1cc(Oc2ccc(S(C)(=O)=O)cn2)ccc1[N+](=O)[O-]. The van der Waals surface area contributed by atoms with E-state index >= 15 is 0 Å². The normalized spacial score (nSPS) is 11.1. The number of benzene rings is 1. The van der Waals surface area contributed by atoms with E-state index in [1.165, 1.54) is 36.5 Å². The zero-order valence-corrected chi connectivity index (χ0v) is 13.9. The van der Waals surface area contributed by atoms with Crippen molar-refractivity contribution in [2.75, 3.05) is 12.9 Å². The van der Waals surface area contributed by atoms with Gasteiger partial charge in [0.1, 0.15) is 5.75 Å². The first kappa shape index (κ1) is 17.7. The summed E-state index contributed by atoms with van der Waals surface area (Å²) < 4.78 is 33.6. The number of aromatic nitrogens is 1. The number of hydrogen-bond acceptors (Lipinski definition) is 7. The van der Waals surface area contributed by atoms with E-state index in [0.29, 0.717) is 18.8 Å². The van der Waals surface area contributed by atoms with Gasteiger partial charge in [-0.05, 0) is 18.6 Å². The van der Waals surface area contributed by atoms with Gasteiger partial charge in [0, 0.05) is 30.7 Å². The second-order valence-corrected chi connectivity index (χ2v) is 6.96. The molecule has 1 aromatic carbocycles. The van der Waals surface area contributed by atoms with E-state index in [1.807, 2.05) is 6.92 Å². The summed E-state index contributed by atoms with van der Waals surface area (Å²) in [6, 6.07) is 6.89. The summed E-state index contributed by atoms with van der Waals surface area (Å²) in [7, 11) is -3.34. The van der Waals surface area contributed by atoms with Gasteiger partial charge in [0.25, 0.3) is 0 Å². The van der Waals surface area contributed by atoms with Crippen molar-refractivity contribution in [2.45, 2.75) is 18.2 Å². The first-order chi connectivity index (χ1) is 11.3. The fraction of sp³-hybridized carbons (Fsp3) is 0.267. The Hall–Kier alpha value is -2.68. The lowest BCUT2D eigenvalue weighted by molar-refractivity contribution is -0.385. The second-order valence-electron chi connectivity index (χ2n) is 4.94. The molecule has 128 valence electrons. The maximum absolute atomic E-state index is 11.4. The van der Waals surface area contributed by atoms with E-state index in [1.54, 1.807) is 0 Å². The van der Waals surface area contributed by atoms with E-state index in [9.17, 15) is 18.5 Å². The molecule has 0 aliphatic carbocycles. The highest BCUT2D eigenvalue weighted by molar-refractivity contribution is 7.90. The predicted octanol–water partition coefficient (Wildman–Crippen LogP) is 2.97. The quantitative estimate of drug-likeness (QED) is 0.556. The minimum Gasteiger partial charge on any atom is -0.487 e. The van der Waals surface area contributed by atoms with E-state index in [2.05, 4.69) is 4.98 Å². The minimum atomic E-state index is -3.34. The first-order valence-corrected chi connectivity index (χ1v) is 8.95. The molecule has 0 N–H and O–H groups in total. The van der Waals surface area contributed by atoms with Gasteiger partial charge in [-0.15, -0.1) is 0 Å². The van der Waals surface area contributed by atoms with Crippen LogP contribution in [0.25, 0.3) is 0 Å². The molecule has 1 aromatic heterocycles. The summed E-state index contributed by atoms with van der Waals surface area (Å²) >= 11 is 0. The molecule has 8 nitrogen and oxygen atoms in total. The van der Waals surface area contributed by atoms with E-state index in [0.717, 1.165) is 6.26 Å². The standard InChI is InChI=1S/C15H16N2O6S/c1-3-8-22-14-9-11(4-6-13(14)17(18)19)23-15-7-5-12(10-16-15)24(2,20)21/h4-7,9-10H,3,8H2,1-2H3. The van der Waals surface area contributed by atoms with Gasteiger partial charge in [0.2, 0.25) is 11.6 Å². The maximum atomic E-state index is 11.4. The van der Waals surface area contributed by atoms with Crippen LogP contribution in [-0.4, -0.2) is 31.2 Å². The van der Waals surface area contributed by atoms with Crippen molar-refractivity contribution in [1.29, 1.82) is 0 Å². The average Bonchev–Trinajstić information content (AvgIpc) is 2.52. The van der Waals surface area contributed by atoms with Gasteiger partial charge in [0.15, 0.2) is 9.84 Å². The summed E-state index contributed by atoms with van der Waals surface area (Å²) in [6.45, 7) is 2.23. The molecule has 0 radical (unpaired) electrons. The Morgan fingerprint density at radius 2 is 2.00 bits per heavy atom. The molecular formula is C15H16N2O6S. The van der Waals surface area contributed by atoms with E-state index in [-0.39, 0.29) is 22.2 Å². The Morgan fingerprint density at radius 1 is 1.25 bits per heavy atom. The van der Waals surface area contributed by atoms with Crippen molar-refractivity contribution in [3.63, 3.8) is 0 Å². The zero-order chi connectivity index (χ0) is 17.7. The summed E-state index contributed by atoms with van der Waals surface area (Å²) in [5, 5.41) is 11.0. The molecule has 2 rings (SSSR count). The van der Waals surface area contributed by atoms with Crippen molar-refractivity contribution in [3.05, 3.63) is 46.6 Å². The molecule has 9 heteroatoms. The number of nitro groups is 1. The largest absolute Gasteiger partial charge is 0.487 e. The van der Waals surface area contributed by atoms with Crippen LogP contribution in [0.5, 0.6) is 17.4 Å². The molecule has 0 saturated carbocycles. The van der Waals surface area contributed by atoms with Crippen LogP contribution in [0.15, 0.2) is 41.4 Å². The smallest absolute Gasteiger partial charge is 0.311 e. The van der Waals surface area contributed by atoms with Crippen LogP contribution in [0, 0.1) is 10.1 Å². The van der Waals surface area contributed by atoms with E-state index in [4.69, 9.17) is 9.47 Å². The van der Waals surface area contributed by atoms with Crippen LogP contribution >= 0.6 is 0 Å². The van der Waals surface area contributed by atoms with Crippen LogP contribution in [-0.2, 0) is 9.84 Å². The average molecular weight is 352 g/mol. The Labute approximate surface area is 139 Å². The van der Waals surface area contributed by atoms with Crippen LogP contribution in [0.1, 0.15) is 13.3 Å². The number of nitrogens with zero attached hydrogens (tertiary/aromatic N) is 2. The van der Waals surface area contributed by atoms with Crippen LogP contribution in [0.2, 0.25) is 0 Å². The Kier molecular flexibility index (Phi) is 5.35. The molecule has 0 bridgehead atoms. The fourth-order valence-corrected chi connectivity index (χ4v) is 2.36. The molecule has 0 fully saturated rings. The minimum absolute atomic E-state index is 0.0746. The van der Waals surface area contributed by atoms with Gasteiger partial charge in [-0.25, -0.2) is 13.4 Å². The van der Waals surface area contributed by atoms with Gasteiger partial charge in [-0.1, -0.05) is 6.92 Å². The van der Waals surface area contributed by atoms with Crippen molar-refractivity contribution in [1.82, 2.24) is 4.98 Å². The predicted molar refractivity (Wildman–Crippen MR) is 86.3 cm³/mol. The van der Waals surface area contributed by atoms with Gasteiger partial charge < -0.3 is 9.47 Å². The third-order valence-electron chi connectivity index (χ3n) is 2.95. The Bertz CT molecular complexity index is 834. The molecule has 0 spiro atoms.